The highest BCUT2D eigenvalue weighted by atomic mass is 32.2. The van der Waals surface area contributed by atoms with Crippen molar-refractivity contribution in [3.63, 3.8) is 0 Å². The molecule has 7 N–H and O–H groups in total. The van der Waals surface area contributed by atoms with Gasteiger partial charge in [-0.25, -0.2) is 9.18 Å². The third kappa shape index (κ3) is 15.2. The van der Waals surface area contributed by atoms with E-state index in [0.717, 1.165) is 44.2 Å². The topological polar surface area (TPSA) is 201 Å². The van der Waals surface area contributed by atoms with Crippen molar-refractivity contribution in [3.05, 3.63) is 71.5 Å². The van der Waals surface area contributed by atoms with E-state index in [-0.39, 0.29) is 31.3 Å². The van der Waals surface area contributed by atoms with Gasteiger partial charge in [-0.3, -0.25) is 19.8 Å². The second kappa shape index (κ2) is 20.2. The minimum Gasteiger partial charge on any atom is -0.444 e. The number of nitrogens with zero attached hydrogens (tertiary/aromatic N) is 1. The van der Waals surface area contributed by atoms with Gasteiger partial charge >= 0.3 is 6.09 Å². The number of alkyl carbamates (subject to hydrolysis) is 1. The number of amides is 4. The number of carbonyl (C=O) groups is 4. The van der Waals surface area contributed by atoms with E-state index in [1.165, 1.54) is 19.1 Å². The van der Waals surface area contributed by atoms with Gasteiger partial charge in [0.2, 0.25) is 11.8 Å². The number of halogens is 1. The molecule has 0 saturated heterocycles. The van der Waals surface area contributed by atoms with Crippen molar-refractivity contribution in [1.82, 2.24) is 30.5 Å². The summed E-state index contributed by atoms with van der Waals surface area (Å²) >= 11 is 0. The number of ether oxygens (including phenoxy) is 1. The van der Waals surface area contributed by atoms with Crippen LogP contribution in [0, 0.1) is 5.82 Å². The van der Waals surface area contributed by atoms with E-state index in [9.17, 15) is 32.0 Å². The highest BCUT2D eigenvalue weighted by Gasteiger charge is 2.34. The molecule has 16 heteroatoms. The highest BCUT2D eigenvalue weighted by molar-refractivity contribution is 7.87. The Balaban J connectivity index is 1.83. The Morgan fingerprint density at radius 3 is 2.17 bits per heavy atom. The zero-order chi connectivity index (χ0) is 38.3. The molecule has 288 valence electrons. The summed E-state index contributed by atoms with van der Waals surface area (Å²) in [7, 11) is -4.66. The fraction of sp³-hybridized carbons (Fsp3) is 0.556. The molecule has 2 aromatic rings. The van der Waals surface area contributed by atoms with Crippen LogP contribution in [0.5, 0.6) is 0 Å². The summed E-state index contributed by atoms with van der Waals surface area (Å²) in [5.41, 5.74) is 8.32. The highest BCUT2D eigenvalue weighted by Crippen LogP contribution is 2.18. The monoisotopic (exact) mass is 747 g/mol. The second-order valence-electron chi connectivity index (χ2n) is 14.1. The van der Waals surface area contributed by atoms with Crippen molar-refractivity contribution in [2.75, 3.05) is 6.54 Å². The Morgan fingerprint density at radius 1 is 0.904 bits per heavy atom. The molecule has 14 nitrogen and oxygen atoms in total. The zero-order valence-electron chi connectivity index (χ0n) is 30.5. The van der Waals surface area contributed by atoms with Crippen molar-refractivity contribution in [2.24, 2.45) is 5.73 Å². The van der Waals surface area contributed by atoms with E-state index in [4.69, 9.17) is 10.5 Å². The SMILES string of the molecule is C[C@H](N)C(=O)NN(Cc1ccc(F)cc1)S(=O)(=O)N[C@H](Cc1ccccc1)C(=O)N[C@@H](CCCCNC(=O)OC(C)(C)C)C(=O)NC1CCCCC1. The zero-order valence-corrected chi connectivity index (χ0v) is 31.3. The van der Waals surface area contributed by atoms with Crippen LogP contribution in [-0.2, 0) is 42.3 Å². The predicted molar refractivity (Wildman–Crippen MR) is 195 cm³/mol. The first-order valence-corrected chi connectivity index (χ1v) is 19.2. The lowest BCUT2D eigenvalue weighted by Crippen LogP contribution is -2.59. The molecule has 0 radical (unpaired) electrons. The molecular formula is C36H54FN7O7S. The summed E-state index contributed by atoms with van der Waals surface area (Å²) < 4.78 is 49.7. The lowest BCUT2D eigenvalue weighted by atomic mass is 9.95. The molecule has 0 heterocycles. The van der Waals surface area contributed by atoms with E-state index in [2.05, 4.69) is 26.1 Å². The fourth-order valence-electron chi connectivity index (χ4n) is 5.51. The molecule has 1 aliphatic rings. The molecule has 52 heavy (non-hydrogen) atoms. The quantitative estimate of drug-likeness (QED) is 0.0987. The number of unbranched alkanes of at least 4 members (excludes halogenated alkanes) is 1. The third-order valence-electron chi connectivity index (χ3n) is 8.24. The van der Waals surface area contributed by atoms with E-state index < -0.39 is 64.2 Å². The van der Waals surface area contributed by atoms with E-state index in [0.29, 0.717) is 28.4 Å². The van der Waals surface area contributed by atoms with Gasteiger partial charge < -0.3 is 26.4 Å². The van der Waals surface area contributed by atoms with Crippen LogP contribution in [0.4, 0.5) is 9.18 Å². The standard InChI is InChI=1S/C36H54FN7O7S/c1-25(38)32(45)42-44(24-27-18-20-28(37)21-19-27)52(49,50)43-31(23-26-13-7-5-8-14-26)34(47)41-30(33(46)40-29-15-9-6-10-16-29)17-11-12-22-39-35(48)51-36(2,3)4/h5,7-8,13-14,18-21,25,29-31,43H,6,9-12,15-17,22-24,38H2,1-4H3,(H,39,48)(H,40,46)(H,41,47)(H,42,45)/t25-,30-,31+/m0/s1. The van der Waals surface area contributed by atoms with Crippen LogP contribution in [0.1, 0.15) is 90.2 Å². The smallest absolute Gasteiger partial charge is 0.407 e. The van der Waals surface area contributed by atoms with E-state index in [1.54, 1.807) is 51.1 Å². The summed E-state index contributed by atoms with van der Waals surface area (Å²) in [5, 5.41) is 8.51. The first-order valence-electron chi connectivity index (χ1n) is 17.7. The van der Waals surface area contributed by atoms with Crippen LogP contribution < -0.4 is 31.8 Å². The summed E-state index contributed by atoms with van der Waals surface area (Å²) in [4.78, 5) is 52.3. The summed E-state index contributed by atoms with van der Waals surface area (Å²) in [5.74, 6) is -2.49. The summed E-state index contributed by atoms with van der Waals surface area (Å²) in [6, 6.07) is 10.2. The van der Waals surface area contributed by atoms with Crippen LogP contribution in [-0.4, -0.2) is 73.0 Å². The van der Waals surface area contributed by atoms with Crippen LogP contribution >= 0.6 is 0 Å². The maximum Gasteiger partial charge on any atom is 0.407 e. The second-order valence-corrected chi connectivity index (χ2v) is 15.7. The van der Waals surface area contributed by atoms with Crippen LogP contribution in [0.3, 0.4) is 0 Å². The molecule has 1 fully saturated rings. The minimum absolute atomic E-state index is 0.0401. The molecule has 1 aliphatic carbocycles. The van der Waals surface area contributed by atoms with Crippen molar-refractivity contribution >= 4 is 34.0 Å². The molecule has 0 unspecified atom stereocenters. The van der Waals surface area contributed by atoms with Crippen molar-refractivity contribution < 1.29 is 36.7 Å². The fourth-order valence-corrected chi connectivity index (χ4v) is 6.72. The lowest BCUT2D eigenvalue weighted by molar-refractivity contribution is -0.130. The maximum atomic E-state index is 14.0. The van der Waals surface area contributed by atoms with Crippen molar-refractivity contribution in [2.45, 2.75) is 122 Å². The Hall–Kier alpha value is -4.12. The van der Waals surface area contributed by atoms with Crippen LogP contribution in [0.25, 0.3) is 0 Å². The molecule has 1 saturated carbocycles. The van der Waals surface area contributed by atoms with Crippen molar-refractivity contribution in [1.29, 1.82) is 0 Å². The molecule has 3 atom stereocenters. The van der Waals surface area contributed by atoms with E-state index in [1.807, 2.05) is 0 Å². The van der Waals surface area contributed by atoms with Gasteiger partial charge in [-0.05, 0) is 89.5 Å². The molecule has 3 rings (SSSR count). The van der Waals surface area contributed by atoms with Crippen LogP contribution in [0.2, 0.25) is 0 Å². The normalized spacial score (nSPS) is 15.6. The van der Waals surface area contributed by atoms with E-state index >= 15 is 0 Å². The number of hydrogen-bond donors (Lipinski definition) is 6. The average Bonchev–Trinajstić information content (AvgIpc) is 3.07. The Labute approximate surface area is 306 Å². The molecule has 0 aromatic heterocycles. The van der Waals surface area contributed by atoms with Gasteiger partial charge in [0.15, 0.2) is 0 Å². The van der Waals surface area contributed by atoms with Gasteiger partial charge in [0.05, 0.1) is 12.6 Å². The number of hydrazine groups is 1. The molecule has 0 spiro atoms. The molecule has 4 amide bonds. The summed E-state index contributed by atoms with van der Waals surface area (Å²) in [6.07, 6.45) is 5.18. The van der Waals surface area contributed by atoms with Gasteiger partial charge in [0, 0.05) is 12.6 Å². The number of carbonyl (C=O) groups excluding carboxylic acids is 4. The Morgan fingerprint density at radius 2 is 1.56 bits per heavy atom. The minimum atomic E-state index is -4.66. The lowest BCUT2D eigenvalue weighted by Gasteiger charge is -2.29. The molecule has 0 aliphatic heterocycles. The molecule has 2 aromatic carbocycles. The predicted octanol–water partition coefficient (Wildman–Crippen LogP) is 3.08. The van der Waals surface area contributed by atoms with Gasteiger partial charge in [-0.2, -0.15) is 13.1 Å². The van der Waals surface area contributed by atoms with Gasteiger partial charge in [0.25, 0.3) is 16.1 Å². The van der Waals surface area contributed by atoms with Gasteiger partial charge in [-0.1, -0.05) is 66.1 Å². The van der Waals surface area contributed by atoms with Crippen LogP contribution in [0.15, 0.2) is 54.6 Å². The molecular weight excluding hydrogens is 694 g/mol. The number of rotatable bonds is 18. The Bertz CT molecular complexity index is 1570. The third-order valence-corrected chi connectivity index (χ3v) is 9.62. The van der Waals surface area contributed by atoms with Gasteiger partial charge in [-0.15, -0.1) is 0 Å². The average molecular weight is 748 g/mol. The number of nitrogens with two attached hydrogens (primary N) is 1. The number of nitrogens with one attached hydrogen (secondary N) is 5. The first-order chi connectivity index (χ1) is 24.5. The number of benzene rings is 2. The maximum absolute atomic E-state index is 14.0. The Kier molecular flexibility index (Phi) is 16.4. The van der Waals surface area contributed by atoms with Gasteiger partial charge in [0.1, 0.15) is 23.5 Å². The van der Waals surface area contributed by atoms with Crippen molar-refractivity contribution in [3.8, 4) is 0 Å². The summed E-state index contributed by atoms with van der Waals surface area (Å²) in [6.45, 7) is 6.54. The molecule has 0 bridgehead atoms. The first kappa shape index (κ1) is 42.3. The number of hydrogen-bond acceptors (Lipinski definition) is 8. The largest absolute Gasteiger partial charge is 0.444 e.